The van der Waals surface area contributed by atoms with Gasteiger partial charge in [-0.3, -0.25) is 37.3 Å². The molecule has 2 unspecified atom stereocenters. The van der Waals surface area contributed by atoms with Crippen LogP contribution in [-0.4, -0.2) is 96.7 Å². The lowest BCUT2D eigenvalue weighted by Crippen LogP contribution is -2.30. The van der Waals surface area contributed by atoms with Crippen molar-refractivity contribution in [1.82, 2.24) is 0 Å². The summed E-state index contributed by atoms with van der Waals surface area (Å²) in [5.74, 6) is 0.0627. The maximum absolute atomic E-state index is 13.0. The molecule has 0 rings (SSSR count). The molecule has 0 spiro atoms. The third-order valence-corrected chi connectivity index (χ3v) is 17.8. The molecule has 0 bridgehead atoms. The molecule has 522 valence electrons. The van der Waals surface area contributed by atoms with Crippen LogP contribution >= 0.6 is 15.6 Å². The van der Waals surface area contributed by atoms with Gasteiger partial charge in [0.15, 0.2) is 12.2 Å². The highest BCUT2D eigenvalue weighted by Crippen LogP contribution is 2.45. The van der Waals surface area contributed by atoms with E-state index in [2.05, 4.69) is 48.5 Å². The van der Waals surface area contributed by atoms with Crippen LogP contribution in [0.1, 0.15) is 344 Å². The maximum atomic E-state index is 13.0. The smallest absolute Gasteiger partial charge is 0.462 e. The van der Waals surface area contributed by atoms with Crippen LogP contribution in [0.2, 0.25) is 0 Å². The molecule has 0 aromatic carbocycles. The first-order valence-corrected chi connectivity index (χ1v) is 38.8. The highest BCUT2D eigenvalue weighted by molar-refractivity contribution is 7.47. The van der Waals surface area contributed by atoms with E-state index < -0.39 is 97.5 Å². The summed E-state index contributed by atoms with van der Waals surface area (Å²) in [5.41, 5.74) is 0. The second-order valence-corrected chi connectivity index (χ2v) is 29.3. The second-order valence-electron chi connectivity index (χ2n) is 26.3. The molecule has 88 heavy (non-hydrogen) atoms. The van der Waals surface area contributed by atoms with Gasteiger partial charge in [-0.05, 0) is 43.4 Å². The number of aliphatic hydroxyl groups is 1. The Morgan fingerprint density at radius 3 is 0.773 bits per heavy atom. The molecular formula is C69H134O17P2. The molecule has 5 atom stereocenters. The molecular weight excluding hydrogens is 1160 g/mol. The molecule has 3 N–H and O–H groups in total. The Balaban J connectivity index is 5.18. The molecule has 0 aliphatic rings. The topological polar surface area (TPSA) is 237 Å². The number of carbonyl (C=O) groups is 4. The van der Waals surface area contributed by atoms with Crippen molar-refractivity contribution in [3.05, 3.63) is 0 Å². The van der Waals surface area contributed by atoms with Crippen molar-refractivity contribution < 1.29 is 80.2 Å². The summed E-state index contributed by atoms with van der Waals surface area (Å²) >= 11 is 0. The van der Waals surface area contributed by atoms with Gasteiger partial charge in [-0.2, -0.15) is 0 Å². The Labute approximate surface area is 537 Å². The summed E-state index contributed by atoms with van der Waals surface area (Å²) in [6.45, 7) is 11.7. The molecule has 0 aliphatic heterocycles. The Kier molecular flexibility index (Phi) is 58.7. The number of carbonyl (C=O) groups excluding carboxylic acids is 4. The number of phosphoric ester groups is 2. The number of unbranched alkanes of at least 4 members (excludes halogenated alkanes) is 35. The zero-order chi connectivity index (χ0) is 65.2. The zero-order valence-corrected chi connectivity index (χ0v) is 59.0. The summed E-state index contributed by atoms with van der Waals surface area (Å²) in [6.07, 6.45) is 43.4. The van der Waals surface area contributed by atoms with Gasteiger partial charge in [-0.25, -0.2) is 9.13 Å². The lowest BCUT2D eigenvalue weighted by molar-refractivity contribution is -0.161. The molecule has 0 fully saturated rings. The molecule has 17 nitrogen and oxygen atoms in total. The van der Waals surface area contributed by atoms with Gasteiger partial charge in [0.1, 0.15) is 19.3 Å². The first kappa shape index (κ1) is 86.1. The predicted molar refractivity (Wildman–Crippen MR) is 354 cm³/mol. The van der Waals surface area contributed by atoms with Crippen LogP contribution in [-0.2, 0) is 65.4 Å². The molecule has 0 aliphatic carbocycles. The first-order valence-electron chi connectivity index (χ1n) is 35.8. The summed E-state index contributed by atoms with van der Waals surface area (Å²) in [7, 11) is -9.89. The number of hydrogen-bond acceptors (Lipinski definition) is 15. The van der Waals surface area contributed by atoms with Crippen molar-refractivity contribution in [3.63, 3.8) is 0 Å². The van der Waals surface area contributed by atoms with Crippen LogP contribution < -0.4 is 0 Å². The van der Waals surface area contributed by atoms with Crippen LogP contribution in [0.4, 0.5) is 0 Å². The number of esters is 4. The SMILES string of the molecule is CCCCCCCCCCCCC(=O)O[C@H](COC(=O)CCCCCCCCC(C)C)COP(=O)(O)OC[C@H](O)COP(=O)(O)OC[C@@H](COC(=O)CCCCCCCCCC(C)C)OC(=O)CCCCCCCCCCCCCCCCCCC(C)C. The largest absolute Gasteiger partial charge is 0.472 e. The summed E-state index contributed by atoms with van der Waals surface area (Å²) in [6, 6.07) is 0. The lowest BCUT2D eigenvalue weighted by atomic mass is 10.0. The monoisotopic (exact) mass is 1300 g/mol. The highest BCUT2D eigenvalue weighted by Gasteiger charge is 2.30. The number of phosphoric acid groups is 2. The van der Waals surface area contributed by atoms with E-state index in [0.717, 1.165) is 109 Å². The minimum atomic E-state index is -4.95. The van der Waals surface area contributed by atoms with Crippen molar-refractivity contribution in [3.8, 4) is 0 Å². The van der Waals surface area contributed by atoms with Gasteiger partial charge in [0.2, 0.25) is 0 Å². The third kappa shape index (κ3) is 62.8. The average molecular weight is 1300 g/mol. The summed E-state index contributed by atoms with van der Waals surface area (Å²) in [5, 5.41) is 10.6. The van der Waals surface area contributed by atoms with Crippen LogP contribution in [0, 0.1) is 17.8 Å². The van der Waals surface area contributed by atoms with Gasteiger partial charge in [0.05, 0.1) is 26.4 Å². The minimum absolute atomic E-state index is 0.105. The van der Waals surface area contributed by atoms with Crippen LogP contribution in [0.3, 0.4) is 0 Å². The Morgan fingerprint density at radius 1 is 0.307 bits per heavy atom. The molecule has 19 heteroatoms. The number of aliphatic hydroxyl groups excluding tert-OH is 1. The van der Waals surface area contributed by atoms with E-state index in [-0.39, 0.29) is 25.7 Å². The number of rotatable bonds is 67. The van der Waals surface area contributed by atoms with Crippen LogP contribution in [0.5, 0.6) is 0 Å². The molecule has 0 saturated heterocycles. The fraction of sp³-hybridized carbons (Fsp3) is 0.942. The fourth-order valence-electron chi connectivity index (χ4n) is 10.4. The van der Waals surface area contributed by atoms with Crippen molar-refractivity contribution in [2.45, 2.75) is 362 Å². The van der Waals surface area contributed by atoms with E-state index in [1.54, 1.807) is 0 Å². The van der Waals surface area contributed by atoms with Crippen molar-refractivity contribution in [1.29, 1.82) is 0 Å². The first-order chi connectivity index (χ1) is 42.2. The third-order valence-electron chi connectivity index (χ3n) is 15.9. The van der Waals surface area contributed by atoms with Crippen LogP contribution in [0.15, 0.2) is 0 Å². The highest BCUT2D eigenvalue weighted by atomic mass is 31.2. The molecule has 0 amide bonds. The fourth-order valence-corrected chi connectivity index (χ4v) is 11.9. The Bertz CT molecular complexity index is 1730. The summed E-state index contributed by atoms with van der Waals surface area (Å²) in [4.78, 5) is 72.4. The quantitative estimate of drug-likeness (QED) is 0.0222. The van der Waals surface area contributed by atoms with Crippen molar-refractivity contribution in [2.75, 3.05) is 39.6 Å². The van der Waals surface area contributed by atoms with Gasteiger partial charge in [0, 0.05) is 25.7 Å². The lowest BCUT2D eigenvalue weighted by Gasteiger charge is -2.21. The minimum Gasteiger partial charge on any atom is -0.462 e. The van der Waals surface area contributed by atoms with Gasteiger partial charge >= 0.3 is 39.5 Å². The van der Waals surface area contributed by atoms with E-state index in [4.69, 9.17) is 37.0 Å². The van der Waals surface area contributed by atoms with E-state index in [1.807, 2.05) is 0 Å². The Hall–Kier alpha value is -1.94. The van der Waals surface area contributed by atoms with Crippen LogP contribution in [0.25, 0.3) is 0 Å². The predicted octanol–water partition coefficient (Wildman–Crippen LogP) is 19.5. The molecule has 0 aromatic heterocycles. The zero-order valence-electron chi connectivity index (χ0n) is 57.2. The molecule has 0 saturated carbocycles. The van der Waals surface area contributed by atoms with Gasteiger partial charge in [-0.15, -0.1) is 0 Å². The van der Waals surface area contributed by atoms with Crippen molar-refractivity contribution >= 4 is 39.5 Å². The maximum Gasteiger partial charge on any atom is 0.472 e. The standard InChI is InChI=1S/C69H134O17P2/c1-8-9-10-11-12-13-23-28-38-45-52-68(73)86-65(57-80-67(72)51-44-37-32-31-35-42-49-62(6)7)59-84-88(77,78)82-55-63(70)54-81-87(75,76)83-58-64(56-79-66(71)50-43-36-30-25-27-34-41-48-61(4)5)85-69(74)53-46-39-29-24-21-19-17-15-14-16-18-20-22-26-33-40-47-60(2)3/h60-65,70H,8-59H2,1-7H3,(H,75,76)(H,77,78)/t63-,64-,65-/m1/s1. The van der Waals surface area contributed by atoms with Gasteiger partial charge in [0.25, 0.3) is 0 Å². The number of hydrogen-bond donors (Lipinski definition) is 3. The van der Waals surface area contributed by atoms with Gasteiger partial charge < -0.3 is 33.8 Å². The molecule has 0 heterocycles. The molecule has 0 aromatic rings. The van der Waals surface area contributed by atoms with Crippen molar-refractivity contribution in [2.24, 2.45) is 17.8 Å². The van der Waals surface area contributed by atoms with E-state index in [9.17, 15) is 43.2 Å². The second kappa shape index (κ2) is 60.0. The summed E-state index contributed by atoms with van der Waals surface area (Å²) < 4.78 is 68.1. The Morgan fingerprint density at radius 2 is 0.523 bits per heavy atom. The average Bonchev–Trinajstić information content (AvgIpc) is 3.58. The van der Waals surface area contributed by atoms with E-state index >= 15 is 0 Å². The molecule has 0 radical (unpaired) electrons. The number of ether oxygens (including phenoxy) is 4. The van der Waals surface area contributed by atoms with E-state index in [1.165, 1.54) is 141 Å². The normalized spacial score (nSPS) is 14.2. The van der Waals surface area contributed by atoms with E-state index in [0.29, 0.717) is 37.5 Å². The van der Waals surface area contributed by atoms with Gasteiger partial charge in [-0.1, -0.05) is 292 Å².